The van der Waals surface area contributed by atoms with Crippen molar-refractivity contribution in [1.82, 2.24) is 4.98 Å². The molecular formula is C16H18N2O2. The summed E-state index contributed by atoms with van der Waals surface area (Å²) in [5, 5.41) is 10.1. The van der Waals surface area contributed by atoms with Gasteiger partial charge in [0.05, 0.1) is 17.6 Å². The first kappa shape index (κ1) is 12.9. The molecule has 0 spiro atoms. The Bertz CT molecular complexity index is 633. The van der Waals surface area contributed by atoms with Crippen LogP contribution in [0.3, 0.4) is 0 Å². The van der Waals surface area contributed by atoms with Crippen LogP contribution in [-0.4, -0.2) is 29.1 Å². The fourth-order valence-corrected chi connectivity index (χ4v) is 2.85. The van der Waals surface area contributed by atoms with Crippen LogP contribution >= 0.6 is 0 Å². The number of nitrogens with zero attached hydrogens (tertiary/aromatic N) is 2. The van der Waals surface area contributed by atoms with E-state index in [0.29, 0.717) is 5.69 Å². The Hall–Kier alpha value is -2.10. The third-order valence-electron chi connectivity index (χ3n) is 3.78. The monoisotopic (exact) mass is 270 g/mol. The highest BCUT2D eigenvalue weighted by Crippen LogP contribution is 2.29. The molecule has 1 fully saturated rings. The van der Waals surface area contributed by atoms with Crippen LogP contribution < -0.4 is 4.90 Å². The Morgan fingerprint density at radius 3 is 2.70 bits per heavy atom. The molecule has 0 aliphatic carbocycles. The number of anilines is 1. The summed E-state index contributed by atoms with van der Waals surface area (Å²) < 4.78 is 0. The van der Waals surface area contributed by atoms with Crippen molar-refractivity contribution < 1.29 is 9.90 Å². The first-order valence-electron chi connectivity index (χ1n) is 7.09. The Labute approximate surface area is 118 Å². The predicted molar refractivity (Wildman–Crippen MR) is 79.1 cm³/mol. The first-order chi connectivity index (χ1) is 9.74. The molecule has 0 bridgehead atoms. The Kier molecular flexibility index (Phi) is 3.54. The van der Waals surface area contributed by atoms with Gasteiger partial charge in [-0.3, -0.25) is 9.78 Å². The van der Waals surface area contributed by atoms with E-state index in [0.717, 1.165) is 29.7 Å². The van der Waals surface area contributed by atoms with Crippen LogP contribution in [0.1, 0.15) is 25.0 Å². The van der Waals surface area contributed by atoms with Crippen molar-refractivity contribution >= 4 is 22.6 Å². The van der Waals surface area contributed by atoms with Gasteiger partial charge in [-0.2, -0.15) is 0 Å². The van der Waals surface area contributed by atoms with Crippen LogP contribution in [0.25, 0.3) is 10.9 Å². The molecule has 104 valence electrons. The molecule has 4 nitrogen and oxygen atoms in total. The predicted octanol–water partition coefficient (Wildman–Crippen LogP) is 2.85. The molecule has 3 rings (SSSR count). The van der Waals surface area contributed by atoms with Gasteiger partial charge in [0.2, 0.25) is 0 Å². The molecule has 4 heteroatoms. The molecule has 0 saturated carbocycles. The smallest absolute Gasteiger partial charge is 0.309 e. The summed E-state index contributed by atoms with van der Waals surface area (Å²) in [7, 11) is 0. The molecule has 0 unspecified atom stereocenters. The van der Waals surface area contributed by atoms with Crippen molar-refractivity contribution in [2.75, 3.05) is 18.0 Å². The van der Waals surface area contributed by atoms with E-state index in [1.807, 2.05) is 24.3 Å². The van der Waals surface area contributed by atoms with E-state index in [1.54, 1.807) is 0 Å². The molecule has 1 aliphatic heterocycles. The zero-order chi connectivity index (χ0) is 13.9. The number of para-hydroxylation sites is 1. The van der Waals surface area contributed by atoms with Crippen molar-refractivity contribution in [2.45, 2.75) is 25.7 Å². The number of pyridine rings is 1. The van der Waals surface area contributed by atoms with Crippen LogP contribution in [0.4, 0.5) is 5.69 Å². The van der Waals surface area contributed by atoms with E-state index in [1.165, 1.54) is 19.3 Å². The highest BCUT2D eigenvalue weighted by atomic mass is 16.4. The summed E-state index contributed by atoms with van der Waals surface area (Å²) in [6, 6.07) is 9.92. The molecule has 1 N–H and O–H groups in total. The number of piperidine rings is 1. The van der Waals surface area contributed by atoms with Crippen LogP contribution in [0, 0.1) is 0 Å². The van der Waals surface area contributed by atoms with Gasteiger partial charge in [-0.15, -0.1) is 0 Å². The minimum atomic E-state index is -0.836. The minimum absolute atomic E-state index is 0.0221. The normalized spacial score (nSPS) is 15.5. The van der Waals surface area contributed by atoms with Gasteiger partial charge >= 0.3 is 5.97 Å². The minimum Gasteiger partial charge on any atom is -0.481 e. The average Bonchev–Trinajstić information content (AvgIpc) is 2.47. The topological polar surface area (TPSA) is 53.4 Å². The Morgan fingerprint density at radius 1 is 1.20 bits per heavy atom. The number of benzene rings is 1. The van der Waals surface area contributed by atoms with E-state index < -0.39 is 5.97 Å². The molecule has 1 aliphatic rings. The Balaban J connectivity index is 2.08. The van der Waals surface area contributed by atoms with Gasteiger partial charge in [-0.1, -0.05) is 18.2 Å². The standard InChI is InChI=1S/C16H18N2O2/c19-16(20)11-12-10-15(18-8-4-1-5-9-18)13-6-2-3-7-14(13)17-12/h2-3,6-7,10H,1,4-5,8-9,11H2,(H,19,20). The number of carbonyl (C=O) groups is 1. The first-order valence-corrected chi connectivity index (χ1v) is 7.09. The van der Waals surface area contributed by atoms with Gasteiger partial charge < -0.3 is 10.0 Å². The largest absolute Gasteiger partial charge is 0.481 e. The summed E-state index contributed by atoms with van der Waals surface area (Å²) in [6.45, 7) is 2.08. The van der Waals surface area contributed by atoms with Crippen LogP contribution in [-0.2, 0) is 11.2 Å². The second-order valence-electron chi connectivity index (χ2n) is 5.27. The summed E-state index contributed by atoms with van der Waals surface area (Å²) in [5.74, 6) is -0.836. The van der Waals surface area contributed by atoms with E-state index in [9.17, 15) is 4.79 Å². The number of carboxylic acids is 1. The van der Waals surface area contributed by atoms with Gasteiger partial charge in [0.15, 0.2) is 0 Å². The van der Waals surface area contributed by atoms with E-state index in [4.69, 9.17) is 5.11 Å². The molecule has 1 saturated heterocycles. The summed E-state index contributed by atoms with van der Waals surface area (Å²) in [4.78, 5) is 17.8. The van der Waals surface area contributed by atoms with Crippen molar-refractivity contribution in [3.05, 3.63) is 36.0 Å². The fourth-order valence-electron chi connectivity index (χ4n) is 2.85. The number of fused-ring (bicyclic) bond motifs is 1. The lowest BCUT2D eigenvalue weighted by atomic mass is 10.1. The highest BCUT2D eigenvalue weighted by Gasteiger charge is 2.16. The number of hydrogen-bond acceptors (Lipinski definition) is 3. The zero-order valence-corrected chi connectivity index (χ0v) is 11.4. The lowest BCUT2D eigenvalue weighted by Crippen LogP contribution is -2.29. The third kappa shape index (κ3) is 2.59. The molecular weight excluding hydrogens is 252 g/mol. The van der Waals surface area contributed by atoms with Crippen molar-refractivity contribution in [3.8, 4) is 0 Å². The SMILES string of the molecule is O=C(O)Cc1cc(N2CCCCC2)c2ccccc2n1. The average molecular weight is 270 g/mol. The second-order valence-corrected chi connectivity index (χ2v) is 5.27. The lowest BCUT2D eigenvalue weighted by molar-refractivity contribution is -0.136. The fraction of sp³-hybridized carbons (Fsp3) is 0.375. The molecule has 0 radical (unpaired) electrons. The number of aliphatic carboxylic acids is 1. The van der Waals surface area contributed by atoms with Crippen molar-refractivity contribution in [1.29, 1.82) is 0 Å². The molecule has 20 heavy (non-hydrogen) atoms. The van der Waals surface area contributed by atoms with E-state index in [2.05, 4.69) is 16.0 Å². The number of aromatic nitrogens is 1. The van der Waals surface area contributed by atoms with Crippen LogP contribution in [0.15, 0.2) is 30.3 Å². The highest BCUT2D eigenvalue weighted by molar-refractivity contribution is 5.92. The molecule has 2 heterocycles. The number of hydrogen-bond donors (Lipinski definition) is 1. The number of rotatable bonds is 3. The van der Waals surface area contributed by atoms with E-state index >= 15 is 0 Å². The van der Waals surface area contributed by atoms with E-state index in [-0.39, 0.29) is 6.42 Å². The Morgan fingerprint density at radius 2 is 1.95 bits per heavy atom. The van der Waals surface area contributed by atoms with Crippen molar-refractivity contribution in [3.63, 3.8) is 0 Å². The molecule has 0 amide bonds. The van der Waals surface area contributed by atoms with Crippen LogP contribution in [0.5, 0.6) is 0 Å². The quantitative estimate of drug-likeness (QED) is 0.931. The summed E-state index contributed by atoms with van der Waals surface area (Å²) >= 11 is 0. The summed E-state index contributed by atoms with van der Waals surface area (Å²) in [5.41, 5.74) is 2.65. The van der Waals surface area contributed by atoms with Gasteiger partial charge in [0.1, 0.15) is 0 Å². The maximum absolute atomic E-state index is 10.9. The maximum atomic E-state index is 10.9. The van der Waals surface area contributed by atoms with Gasteiger partial charge in [0.25, 0.3) is 0 Å². The third-order valence-corrected chi connectivity index (χ3v) is 3.78. The zero-order valence-electron chi connectivity index (χ0n) is 11.4. The second kappa shape index (κ2) is 5.49. The number of carboxylic acid groups (broad SMARTS) is 1. The van der Waals surface area contributed by atoms with Crippen molar-refractivity contribution in [2.24, 2.45) is 0 Å². The van der Waals surface area contributed by atoms with Gasteiger partial charge in [-0.25, -0.2) is 0 Å². The molecule has 0 atom stereocenters. The molecule has 2 aromatic rings. The van der Waals surface area contributed by atoms with Gasteiger partial charge in [0, 0.05) is 24.2 Å². The van der Waals surface area contributed by atoms with Crippen LogP contribution in [0.2, 0.25) is 0 Å². The molecule has 1 aromatic heterocycles. The maximum Gasteiger partial charge on any atom is 0.309 e. The summed E-state index contributed by atoms with van der Waals surface area (Å²) in [6.07, 6.45) is 3.66. The van der Waals surface area contributed by atoms with Gasteiger partial charge in [-0.05, 0) is 31.4 Å². The lowest BCUT2D eigenvalue weighted by Gasteiger charge is -2.30. The molecule has 1 aromatic carbocycles.